The molecule has 2 atom stereocenters. The van der Waals surface area contributed by atoms with E-state index in [-0.39, 0.29) is 36.4 Å². The van der Waals surface area contributed by atoms with E-state index in [4.69, 9.17) is 11.6 Å². The molecule has 0 radical (unpaired) electrons. The van der Waals surface area contributed by atoms with Crippen molar-refractivity contribution in [2.45, 2.75) is 68.5 Å². The number of likely N-dealkylation sites (tertiary alicyclic amines) is 1. The van der Waals surface area contributed by atoms with Crippen molar-refractivity contribution in [1.82, 2.24) is 19.8 Å². The number of piperazine rings is 1. The Hall–Kier alpha value is -2.46. The highest BCUT2D eigenvalue weighted by molar-refractivity contribution is 7.89. The van der Waals surface area contributed by atoms with Crippen LogP contribution in [0.4, 0.5) is 0 Å². The number of aryl methyl sites for hydroxylation is 1. The van der Waals surface area contributed by atoms with E-state index >= 15 is 0 Å². The highest BCUT2D eigenvalue weighted by Gasteiger charge is 2.40. The molecule has 2 fully saturated rings. The summed E-state index contributed by atoms with van der Waals surface area (Å²) in [6.45, 7) is 3.63. The van der Waals surface area contributed by atoms with Crippen LogP contribution in [0, 0.1) is 0 Å². The van der Waals surface area contributed by atoms with Crippen molar-refractivity contribution in [3.63, 3.8) is 0 Å². The highest BCUT2D eigenvalue weighted by atomic mass is 35.5. The van der Waals surface area contributed by atoms with E-state index in [0.717, 1.165) is 30.1 Å². The van der Waals surface area contributed by atoms with E-state index in [0.29, 0.717) is 5.02 Å². The number of hydrogen-bond acceptors (Lipinski definition) is 5. The van der Waals surface area contributed by atoms with Crippen LogP contribution in [0.15, 0.2) is 47.4 Å². The minimum atomic E-state index is -3.96. The molecule has 204 valence electrons. The lowest BCUT2D eigenvalue weighted by Gasteiger charge is -2.34. The quantitative estimate of drug-likeness (QED) is 0.544. The van der Waals surface area contributed by atoms with Crippen LogP contribution in [-0.2, 0) is 39.0 Å². The van der Waals surface area contributed by atoms with E-state index in [1.807, 2.05) is 0 Å². The van der Waals surface area contributed by atoms with Crippen LogP contribution in [0.2, 0.25) is 5.02 Å². The predicted molar refractivity (Wildman–Crippen MR) is 146 cm³/mol. The van der Waals surface area contributed by atoms with Gasteiger partial charge in [-0.3, -0.25) is 14.5 Å². The van der Waals surface area contributed by atoms with E-state index in [9.17, 15) is 18.0 Å². The SMILES string of the molecule is O=C(C[C@@H]1C(=O)NCCN1S(=O)(=O)c1ccc(Cl)cc1)NC1CCc2cc(CN3CCCCC3)ccc2C1. The topological polar surface area (TPSA) is 98.8 Å². The average molecular weight is 559 g/mol. The summed E-state index contributed by atoms with van der Waals surface area (Å²) in [6, 6.07) is 11.4. The lowest BCUT2D eigenvalue weighted by atomic mass is 9.87. The normalized spacial score (nSPS) is 22.9. The standard InChI is InChI=1S/C28H35ClN4O4S/c29-23-7-10-25(11-8-23)38(36,37)33-15-12-30-28(35)26(33)18-27(34)31-24-9-6-21-16-20(4-5-22(21)17-24)19-32-13-2-1-3-14-32/h4-5,7-8,10-11,16,24,26H,1-3,6,9,12-15,17-19H2,(H,30,35)(H,31,34)/t24?,26-/m1/s1. The molecule has 2 aromatic rings. The van der Waals surface area contributed by atoms with Crippen molar-refractivity contribution in [3.8, 4) is 0 Å². The van der Waals surface area contributed by atoms with Gasteiger partial charge in [0.15, 0.2) is 0 Å². The van der Waals surface area contributed by atoms with Gasteiger partial charge in [0.25, 0.3) is 0 Å². The van der Waals surface area contributed by atoms with Gasteiger partial charge in [-0.05, 0) is 86.1 Å². The third-order valence-electron chi connectivity index (χ3n) is 7.80. The number of piperidine rings is 1. The van der Waals surface area contributed by atoms with Crippen molar-refractivity contribution in [2.24, 2.45) is 0 Å². The number of carbonyl (C=O) groups excluding carboxylic acids is 2. The van der Waals surface area contributed by atoms with E-state index < -0.39 is 22.0 Å². The Labute approximate surface area is 229 Å². The first-order valence-corrected chi connectivity index (χ1v) is 15.3. The first-order valence-electron chi connectivity index (χ1n) is 13.5. The molecule has 1 aliphatic carbocycles. The Balaban J connectivity index is 1.21. The first kappa shape index (κ1) is 27.1. The summed E-state index contributed by atoms with van der Waals surface area (Å²) in [5.41, 5.74) is 3.93. The molecule has 0 aromatic heterocycles. The lowest BCUT2D eigenvalue weighted by molar-refractivity contribution is -0.131. The van der Waals surface area contributed by atoms with Crippen molar-refractivity contribution < 1.29 is 18.0 Å². The van der Waals surface area contributed by atoms with Gasteiger partial charge in [-0.15, -0.1) is 0 Å². The third-order valence-corrected chi connectivity index (χ3v) is 9.97. The van der Waals surface area contributed by atoms with Gasteiger partial charge in [0.05, 0.1) is 11.3 Å². The molecular formula is C28H35ClN4O4S. The minimum Gasteiger partial charge on any atom is -0.353 e. The maximum Gasteiger partial charge on any atom is 0.243 e. The summed E-state index contributed by atoms with van der Waals surface area (Å²) in [5.74, 6) is -0.780. The second kappa shape index (κ2) is 11.7. The zero-order chi connectivity index (χ0) is 26.7. The molecule has 1 unspecified atom stereocenters. The molecule has 10 heteroatoms. The fraction of sp³-hybridized carbons (Fsp3) is 0.500. The molecule has 8 nitrogen and oxygen atoms in total. The fourth-order valence-corrected chi connectivity index (χ4v) is 7.50. The van der Waals surface area contributed by atoms with Crippen molar-refractivity contribution in [2.75, 3.05) is 26.2 Å². The molecule has 2 amide bonds. The lowest BCUT2D eigenvalue weighted by Crippen LogP contribution is -2.58. The Morgan fingerprint density at radius 1 is 1.03 bits per heavy atom. The fourth-order valence-electron chi connectivity index (χ4n) is 5.79. The Kier molecular flexibility index (Phi) is 8.38. The molecule has 2 saturated heterocycles. The van der Waals surface area contributed by atoms with Crippen molar-refractivity contribution in [3.05, 3.63) is 64.2 Å². The number of halogens is 1. The van der Waals surface area contributed by atoms with Gasteiger partial charge in [-0.25, -0.2) is 8.42 Å². The molecule has 2 heterocycles. The van der Waals surface area contributed by atoms with Gasteiger partial charge in [-0.1, -0.05) is 36.2 Å². The van der Waals surface area contributed by atoms with Crippen LogP contribution in [0.3, 0.4) is 0 Å². The molecule has 5 rings (SSSR count). The third kappa shape index (κ3) is 6.22. The maximum atomic E-state index is 13.3. The Morgan fingerprint density at radius 3 is 2.55 bits per heavy atom. The number of nitrogens with one attached hydrogen (secondary N) is 2. The number of sulfonamides is 1. The molecular weight excluding hydrogens is 524 g/mol. The Bertz CT molecular complexity index is 1280. The zero-order valence-electron chi connectivity index (χ0n) is 21.5. The van der Waals surface area contributed by atoms with E-state index in [1.54, 1.807) is 0 Å². The smallest absolute Gasteiger partial charge is 0.243 e. The number of amides is 2. The number of nitrogens with zero attached hydrogens (tertiary/aromatic N) is 2. The Morgan fingerprint density at radius 2 is 1.79 bits per heavy atom. The van der Waals surface area contributed by atoms with Crippen LogP contribution >= 0.6 is 11.6 Å². The monoisotopic (exact) mass is 558 g/mol. The molecule has 3 aliphatic rings. The van der Waals surface area contributed by atoms with Gasteiger partial charge in [0, 0.05) is 30.7 Å². The van der Waals surface area contributed by atoms with Crippen LogP contribution in [-0.4, -0.2) is 67.7 Å². The largest absolute Gasteiger partial charge is 0.353 e. The van der Waals surface area contributed by atoms with Gasteiger partial charge in [0.2, 0.25) is 21.8 Å². The molecule has 2 aromatic carbocycles. The molecule has 2 N–H and O–H groups in total. The number of carbonyl (C=O) groups is 2. The van der Waals surface area contributed by atoms with Crippen LogP contribution in [0.25, 0.3) is 0 Å². The number of rotatable bonds is 7. The van der Waals surface area contributed by atoms with Gasteiger partial charge >= 0.3 is 0 Å². The van der Waals surface area contributed by atoms with E-state index in [2.05, 4.69) is 33.7 Å². The van der Waals surface area contributed by atoms with Crippen LogP contribution in [0.1, 0.15) is 48.8 Å². The summed E-state index contributed by atoms with van der Waals surface area (Å²) < 4.78 is 27.7. The maximum absolute atomic E-state index is 13.3. The van der Waals surface area contributed by atoms with E-state index in [1.165, 1.54) is 73.3 Å². The summed E-state index contributed by atoms with van der Waals surface area (Å²) in [4.78, 5) is 28.3. The second-order valence-electron chi connectivity index (χ2n) is 10.5. The molecule has 0 saturated carbocycles. The molecule has 0 spiro atoms. The van der Waals surface area contributed by atoms with Gasteiger partial charge in [-0.2, -0.15) is 4.31 Å². The summed E-state index contributed by atoms with van der Waals surface area (Å²) in [6.07, 6.45) is 6.09. The number of fused-ring (bicyclic) bond motifs is 1. The number of benzene rings is 2. The molecule has 2 aliphatic heterocycles. The summed E-state index contributed by atoms with van der Waals surface area (Å²) >= 11 is 5.91. The van der Waals surface area contributed by atoms with Gasteiger partial charge in [0.1, 0.15) is 6.04 Å². The average Bonchev–Trinajstić information content (AvgIpc) is 2.90. The van der Waals surface area contributed by atoms with Crippen molar-refractivity contribution in [1.29, 1.82) is 0 Å². The molecule has 38 heavy (non-hydrogen) atoms. The first-order chi connectivity index (χ1) is 18.3. The predicted octanol–water partition coefficient (Wildman–Crippen LogP) is 2.88. The molecule has 0 bridgehead atoms. The van der Waals surface area contributed by atoms with Crippen LogP contribution in [0.5, 0.6) is 0 Å². The minimum absolute atomic E-state index is 0.0454. The zero-order valence-corrected chi connectivity index (χ0v) is 23.1. The van der Waals surface area contributed by atoms with Gasteiger partial charge < -0.3 is 10.6 Å². The van der Waals surface area contributed by atoms with Crippen molar-refractivity contribution >= 4 is 33.4 Å². The van der Waals surface area contributed by atoms with Crippen LogP contribution < -0.4 is 10.6 Å². The number of hydrogen-bond donors (Lipinski definition) is 2. The second-order valence-corrected chi connectivity index (χ2v) is 12.9. The summed E-state index contributed by atoms with van der Waals surface area (Å²) in [5, 5.41) is 6.18. The summed E-state index contributed by atoms with van der Waals surface area (Å²) in [7, 11) is -3.96. The highest BCUT2D eigenvalue weighted by Crippen LogP contribution is 2.26.